The van der Waals surface area contributed by atoms with E-state index in [4.69, 9.17) is 0 Å². The van der Waals surface area contributed by atoms with Crippen LogP contribution in [0.4, 0.5) is 0 Å². The minimum absolute atomic E-state index is 0.0593. The molecule has 0 saturated heterocycles. The number of carbonyl (C=O) groups is 1. The predicted octanol–water partition coefficient (Wildman–Crippen LogP) is 0.969. The summed E-state index contributed by atoms with van der Waals surface area (Å²) in [6.45, 7) is 2.43. The van der Waals surface area contributed by atoms with Gasteiger partial charge in [-0.05, 0) is 17.5 Å². The smallest absolute Gasteiger partial charge is 0.341 e. The van der Waals surface area contributed by atoms with Crippen LogP contribution in [0.15, 0.2) is 41.5 Å². The molecule has 4 rings (SSSR count). The van der Waals surface area contributed by atoms with Crippen molar-refractivity contribution in [3.63, 3.8) is 0 Å². The Balaban J connectivity index is 1.47. The number of para-hydroxylation sites is 1. The SMILES string of the molecule is Cn1cnn(CCC(=O)N2CCn3c(cc4ccccc43)C2)c1=O. The molecule has 3 aromatic rings. The molecule has 0 saturated carbocycles. The van der Waals surface area contributed by atoms with Crippen LogP contribution in [0.1, 0.15) is 12.1 Å². The van der Waals surface area contributed by atoms with Crippen molar-refractivity contribution in [3.8, 4) is 0 Å². The van der Waals surface area contributed by atoms with Crippen molar-refractivity contribution < 1.29 is 4.79 Å². The van der Waals surface area contributed by atoms with Gasteiger partial charge in [-0.3, -0.25) is 9.36 Å². The summed E-state index contributed by atoms with van der Waals surface area (Å²) in [5, 5.41) is 5.20. The van der Waals surface area contributed by atoms with Crippen LogP contribution < -0.4 is 5.69 Å². The van der Waals surface area contributed by atoms with Crippen molar-refractivity contribution in [1.29, 1.82) is 0 Å². The Bertz CT molecular complexity index is 965. The van der Waals surface area contributed by atoms with Crippen molar-refractivity contribution in [2.75, 3.05) is 6.54 Å². The zero-order chi connectivity index (χ0) is 16.7. The van der Waals surface area contributed by atoms with Gasteiger partial charge in [-0.25, -0.2) is 9.48 Å². The van der Waals surface area contributed by atoms with Crippen molar-refractivity contribution in [3.05, 3.63) is 52.8 Å². The average molecular weight is 325 g/mol. The van der Waals surface area contributed by atoms with Crippen molar-refractivity contribution >= 4 is 16.8 Å². The molecule has 24 heavy (non-hydrogen) atoms. The molecule has 0 atom stereocenters. The number of hydrogen-bond acceptors (Lipinski definition) is 3. The van der Waals surface area contributed by atoms with E-state index in [2.05, 4.69) is 27.9 Å². The van der Waals surface area contributed by atoms with E-state index in [9.17, 15) is 9.59 Å². The number of benzene rings is 1. The fourth-order valence-corrected chi connectivity index (χ4v) is 3.30. The summed E-state index contributed by atoms with van der Waals surface area (Å²) in [7, 11) is 1.65. The number of amides is 1. The molecule has 0 unspecified atom stereocenters. The van der Waals surface area contributed by atoms with Crippen LogP contribution >= 0.6 is 0 Å². The van der Waals surface area contributed by atoms with Gasteiger partial charge in [0.05, 0.1) is 13.1 Å². The summed E-state index contributed by atoms with van der Waals surface area (Å²) < 4.78 is 5.02. The fraction of sp³-hybridized carbons (Fsp3) is 0.353. The third kappa shape index (κ3) is 2.42. The molecule has 0 bridgehead atoms. The van der Waals surface area contributed by atoms with Crippen molar-refractivity contribution in [1.82, 2.24) is 23.8 Å². The van der Waals surface area contributed by atoms with E-state index in [1.807, 2.05) is 17.0 Å². The van der Waals surface area contributed by atoms with Gasteiger partial charge in [0.15, 0.2) is 0 Å². The monoisotopic (exact) mass is 325 g/mol. The molecule has 1 aromatic carbocycles. The lowest BCUT2D eigenvalue weighted by molar-refractivity contribution is -0.132. The molecule has 7 heteroatoms. The fourth-order valence-electron chi connectivity index (χ4n) is 3.30. The zero-order valence-corrected chi connectivity index (χ0v) is 13.6. The Kier molecular flexibility index (Phi) is 3.48. The minimum Gasteiger partial charge on any atom is -0.341 e. The summed E-state index contributed by atoms with van der Waals surface area (Å²) >= 11 is 0. The van der Waals surface area contributed by atoms with Gasteiger partial charge >= 0.3 is 5.69 Å². The number of rotatable bonds is 3. The number of hydrogen-bond donors (Lipinski definition) is 0. The van der Waals surface area contributed by atoms with E-state index in [-0.39, 0.29) is 18.0 Å². The summed E-state index contributed by atoms with van der Waals surface area (Å²) in [4.78, 5) is 26.1. The first kappa shape index (κ1) is 14.7. The first-order chi connectivity index (χ1) is 11.6. The lowest BCUT2D eigenvalue weighted by Gasteiger charge is -2.29. The Labute approximate surface area is 138 Å². The molecular weight excluding hydrogens is 306 g/mol. The summed E-state index contributed by atoms with van der Waals surface area (Å²) in [6, 6.07) is 10.4. The Hall–Kier alpha value is -2.83. The lowest BCUT2D eigenvalue weighted by atomic mass is 10.2. The molecule has 0 N–H and O–H groups in total. The molecule has 0 aliphatic carbocycles. The third-order valence-electron chi connectivity index (χ3n) is 4.62. The quantitative estimate of drug-likeness (QED) is 0.721. The Morgan fingerprint density at radius 1 is 1.25 bits per heavy atom. The second-order valence-corrected chi connectivity index (χ2v) is 6.16. The van der Waals surface area contributed by atoms with Crippen LogP contribution in [0.5, 0.6) is 0 Å². The van der Waals surface area contributed by atoms with E-state index in [1.165, 1.54) is 26.5 Å². The standard InChI is InChI=1S/C17H19N5O2/c1-19-12-18-22(17(19)24)7-6-16(23)20-8-9-21-14(11-20)10-13-4-2-3-5-15(13)21/h2-5,10,12H,6-9,11H2,1H3. The molecule has 0 fully saturated rings. The number of aromatic nitrogens is 4. The average Bonchev–Trinajstić information content (AvgIpc) is 3.13. The largest absolute Gasteiger partial charge is 0.345 e. The van der Waals surface area contributed by atoms with Gasteiger partial charge in [-0.1, -0.05) is 18.2 Å². The van der Waals surface area contributed by atoms with Crippen LogP contribution in [0.3, 0.4) is 0 Å². The topological polar surface area (TPSA) is 65.1 Å². The first-order valence-electron chi connectivity index (χ1n) is 8.07. The van der Waals surface area contributed by atoms with Crippen LogP contribution in [-0.2, 0) is 31.5 Å². The maximum Gasteiger partial charge on any atom is 0.345 e. The Morgan fingerprint density at radius 2 is 2.08 bits per heavy atom. The molecular formula is C17H19N5O2. The summed E-state index contributed by atoms with van der Waals surface area (Å²) in [5.41, 5.74) is 2.19. The van der Waals surface area contributed by atoms with E-state index >= 15 is 0 Å². The van der Waals surface area contributed by atoms with Crippen LogP contribution in [-0.4, -0.2) is 36.3 Å². The molecule has 0 radical (unpaired) electrons. The highest BCUT2D eigenvalue weighted by atomic mass is 16.2. The second-order valence-electron chi connectivity index (χ2n) is 6.16. The molecule has 2 aromatic heterocycles. The Morgan fingerprint density at radius 3 is 2.88 bits per heavy atom. The molecule has 124 valence electrons. The second kappa shape index (κ2) is 5.67. The molecule has 0 spiro atoms. The lowest BCUT2D eigenvalue weighted by Crippen LogP contribution is -2.38. The van der Waals surface area contributed by atoms with Gasteiger partial charge in [0.1, 0.15) is 6.33 Å². The summed E-state index contributed by atoms with van der Waals surface area (Å²) in [6.07, 6.45) is 1.75. The maximum atomic E-state index is 12.5. The number of carbonyl (C=O) groups excluding carboxylic acids is 1. The van der Waals surface area contributed by atoms with Gasteiger partial charge in [0, 0.05) is 37.8 Å². The normalized spacial score (nSPS) is 14.1. The van der Waals surface area contributed by atoms with Gasteiger partial charge in [0.2, 0.25) is 5.91 Å². The number of nitrogens with zero attached hydrogens (tertiary/aromatic N) is 5. The first-order valence-corrected chi connectivity index (χ1v) is 8.07. The van der Waals surface area contributed by atoms with E-state index in [0.29, 0.717) is 19.6 Å². The van der Waals surface area contributed by atoms with Gasteiger partial charge in [-0.2, -0.15) is 5.10 Å². The van der Waals surface area contributed by atoms with Crippen molar-refractivity contribution in [2.45, 2.75) is 26.1 Å². The van der Waals surface area contributed by atoms with Crippen LogP contribution in [0, 0.1) is 0 Å². The summed E-state index contributed by atoms with van der Waals surface area (Å²) in [5.74, 6) is 0.0593. The third-order valence-corrected chi connectivity index (χ3v) is 4.62. The van der Waals surface area contributed by atoms with Crippen molar-refractivity contribution in [2.24, 2.45) is 7.05 Å². The van der Waals surface area contributed by atoms with E-state index in [1.54, 1.807) is 7.05 Å². The highest BCUT2D eigenvalue weighted by Gasteiger charge is 2.22. The van der Waals surface area contributed by atoms with Gasteiger partial charge in [0.25, 0.3) is 0 Å². The maximum absolute atomic E-state index is 12.5. The molecule has 1 aliphatic heterocycles. The number of fused-ring (bicyclic) bond motifs is 3. The number of aryl methyl sites for hydroxylation is 2. The highest BCUT2D eigenvalue weighted by molar-refractivity contribution is 5.82. The van der Waals surface area contributed by atoms with E-state index < -0.39 is 0 Å². The zero-order valence-electron chi connectivity index (χ0n) is 13.6. The molecule has 1 aliphatic rings. The van der Waals surface area contributed by atoms with Crippen LogP contribution in [0.25, 0.3) is 10.9 Å². The predicted molar refractivity (Wildman–Crippen MR) is 89.4 cm³/mol. The molecule has 7 nitrogen and oxygen atoms in total. The highest BCUT2D eigenvalue weighted by Crippen LogP contribution is 2.24. The van der Waals surface area contributed by atoms with E-state index in [0.717, 1.165) is 12.2 Å². The van der Waals surface area contributed by atoms with Gasteiger partial charge < -0.3 is 9.47 Å². The minimum atomic E-state index is -0.193. The van der Waals surface area contributed by atoms with Crippen LogP contribution in [0.2, 0.25) is 0 Å². The molecule has 3 heterocycles. The molecule has 1 amide bonds. The van der Waals surface area contributed by atoms with Gasteiger partial charge in [-0.15, -0.1) is 0 Å².